The maximum Gasteiger partial charge on any atom is 0.374 e. The van der Waals surface area contributed by atoms with Crippen molar-refractivity contribution in [3.05, 3.63) is 47.2 Å². The van der Waals surface area contributed by atoms with Gasteiger partial charge in [-0.1, -0.05) is 0 Å². The molecule has 0 unspecified atom stereocenters. The zero-order chi connectivity index (χ0) is 18.9. The number of fused-ring (bicyclic) bond motifs is 1. The molecular formula is C16H14N2O7S. The third-order valence-corrected chi connectivity index (χ3v) is 4.50. The summed E-state index contributed by atoms with van der Waals surface area (Å²) < 4.78 is 31.9. The Hall–Kier alpha value is -2.98. The molecule has 26 heavy (non-hydrogen) atoms. The second-order valence-electron chi connectivity index (χ2n) is 5.58. The second kappa shape index (κ2) is 6.73. The monoisotopic (exact) mass is 378 g/mol. The van der Waals surface area contributed by atoms with Crippen molar-refractivity contribution < 1.29 is 32.0 Å². The van der Waals surface area contributed by atoms with Crippen molar-refractivity contribution in [2.24, 2.45) is 5.14 Å². The third-order valence-electron chi connectivity index (χ3n) is 3.72. The Kier molecular flexibility index (Phi) is 4.62. The van der Waals surface area contributed by atoms with Crippen molar-refractivity contribution in [3.8, 4) is 0 Å². The largest absolute Gasteiger partial charge is 0.451 e. The number of nitrogens with one attached hydrogen (secondary N) is 1. The number of furan rings is 1. The van der Waals surface area contributed by atoms with E-state index in [1.807, 2.05) is 0 Å². The molecule has 0 aliphatic carbocycles. The lowest BCUT2D eigenvalue weighted by Crippen LogP contribution is -2.20. The fraction of sp³-hybridized carbons (Fsp3) is 0.188. The molecule has 0 radical (unpaired) electrons. The van der Waals surface area contributed by atoms with Gasteiger partial charge in [0, 0.05) is 17.7 Å². The summed E-state index contributed by atoms with van der Waals surface area (Å²) in [4.78, 5) is 35.4. The molecule has 1 aromatic heterocycles. The van der Waals surface area contributed by atoms with Crippen molar-refractivity contribution in [2.45, 2.75) is 17.9 Å². The summed E-state index contributed by atoms with van der Waals surface area (Å²) in [7, 11) is -4.07. The lowest BCUT2D eigenvalue weighted by Gasteiger charge is -2.17. The summed E-state index contributed by atoms with van der Waals surface area (Å²) in [5, 5.41) is 7.01. The van der Waals surface area contributed by atoms with E-state index >= 15 is 0 Å². The predicted molar refractivity (Wildman–Crippen MR) is 88.1 cm³/mol. The van der Waals surface area contributed by atoms with E-state index in [1.165, 1.54) is 6.07 Å². The van der Waals surface area contributed by atoms with Gasteiger partial charge in [0.25, 0.3) is 10.0 Å². The van der Waals surface area contributed by atoms with Crippen LogP contribution >= 0.6 is 0 Å². The van der Waals surface area contributed by atoms with E-state index in [1.54, 1.807) is 12.1 Å². The van der Waals surface area contributed by atoms with Crippen LogP contribution in [0, 0.1) is 0 Å². The molecule has 10 heteroatoms. The second-order valence-corrected chi connectivity index (χ2v) is 7.08. The molecule has 1 aliphatic heterocycles. The Morgan fingerprint density at radius 2 is 1.96 bits per heavy atom. The van der Waals surface area contributed by atoms with Gasteiger partial charge in [-0.15, -0.1) is 0 Å². The molecule has 9 nitrogen and oxygen atoms in total. The first-order chi connectivity index (χ1) is 12.2. The number of hydrogen-bond donors (Lipinski definition) is 2. The van der Waals surface area contributed by atoms with Crippen LogP contribution in [0.4, 0.5) is 5.69 Å². The Morgan fingerprint density at radius 3 is 2.65 bits per heavy atom. The number of carbonyl (C=O) groups excluding carboxylic acids is 3. The van der Waals surface area contributed by atoms with Crippen molar-refractivity contribution in [3.63, 3.8) is 0 Å². The fourth-order valence-corrected chi connectivity index (χ4v) is 2.89. The molecule has 1 aromatic carbocycles. The third kappa shape index (κ3) is 3.81. The molecule has 2 aromatic rings. The highest BCUT2D eigenvalue weighted by Gasteiger charge is 2.21. The van der Waals surface area contributed by atoms with Crippen LogP contribution in [0.25, 0.3) is 0 Å². The Labute approximate surface area is 148 Å². The Morgan fingerprint density at radius 1 is 1.19 bits per heavy atom. The van der Waals surface area contributed by atoms with Gasteiger partial charge < -0.3 is 14.5 Å². The van der Waals surface area contributed by atoms with E-state index in [9.17, 15) is 22.8 Å². The number of ketones is 1. The SMILES string of the molecule is NS(=O)(=O)c1ccc(C(=O)OCC(=O)c2ccc3c(c2)CCC(=O)N3)o1. The van der Waals surface area contributed by atoms with Crippen molar-refractivity contribution >= 4 is 33.4 Å². The predicted octanol–water partition coefficient (Wildman–Crippen LogP) is 0.851. The number of sulfonamides is 1. The maximum absolute atomic E-state index is 12.2. The van der Waals surface area contributed by atoms with Gasteiger partial charge in [0.1, 0.15) is 0 Å². The van der Waals surface area contributed by atoms with Crippen molar-refractivity contribution in [2.75, 3.05) is 11.9 Å². The van der Waals surface area contributed by atoms with Crippen LogP contribution < -0.4 is 10.5 Å². The van der Waals surface area contributed by atoms with Gasteiger partial charge in [0.2, 0.25) is 16.8 Å². The minimum Gasteiger partial charge on any atom is -0.451 e. The van der Waals surface area contributed by atoms with E-state index in [-0.39, 0.29) is 11.7 Å². The van der Waals surface area contributed by atoms with E-state index in [0.29, 0.717) is 24.1 Å². The topological polar surface area (TPSA) is 146 Å². The Bertz CT molecular complexity index is 1010. The number of rotatable bonds is 5. The first-order valence-electron chi connectivity index (χ1n) is 7.50. The van der Waals surface area contributed by atoms with Crippen LogP contribution in [0.3, 0.4) is 0 Å². The summed E-state index contributed by atoms with van der Waals surface area (Å²) >= 11 is 0. The molecular weight excluding hydrogens is 364 g/mol. The molecule has 1 amide bonds. The minimum atomic E-state index is -4.07. The summed E-state index contributed by atoms with van der Waals surface area (Å²) in [5.41, 5.74) is 1.81. The summed E-state index contributed by atoms with van der Waals surface area (Å²) in [6.45, 7) is -0.546. The van der Waals surface area contributed by atoms with Gasteiger partial charge in [-0.25, -0.2) is 18.4 Å². The Balaban J connectivity index is 1.64. The molecule has 1 aliphatic rings. The van der Waals surface area contributed by atoms with Gasteiger partial charge in [-0.05, 0) is 42.3 Å². The van der Waals surface area contributed by atoms with Crippen LogP contribution in [-0.2, 0) is 26.0 Å². The van der Waals surface area contributed by atoms with Gasteiger partial charge in [0.15, 0.2) is 12.4 Å². The maximum atomic E-state index is 12.2. The average molecular weight is 378 g/mol. The summed E-state index contributed by atoms with van der Waals surface area (Å²) in [6, 6.07) is 6.88. The van der Waals surface area contributed by atoms with Crippen LogP contribution in [0.1, 0.15) is 32.9 Å². The number of esters is 1. The first-order valence-corrected chi connectivity index (χ1v) is 9.04. The highest BCUT2D eigenvalue weighted by molar-refractivity contribution is 7.89. The van der Waals surface area contributed by atoms with Gasteiger partial charge in [0.05, 0.1) is 0 Å². The lowest BCUT2D eigenvalue weighted by molar-refractivity contribution is -0.116. The summed E-state index contributed by atoms with van der Waals surface area (Å²) in [6.07, 6.45) is 0.856. The number of nitrogens with two attached hydrogens (primary N) is 1. The molecule has 0 saturated carbocycles. The highest BCUT2D eigenvalue weighted by atomic mass is 32.2. The van der Waals surface area contributed by atoms with Crippen molar-refractivity contribution in [1.29, 1.82) is 0 Å². The number of Topliss-reactive ketones (excluding diaryl/α,β-unsaturated/α-hetero) is 1. The van der Waals surface area contributed by atoms with E-state index in [4.69, 9.17) is 14.3 Å². The standard InChI is InChI=1S/C16H14N2O7S/c17-26(22,23)15-6-4-13(25-15)16(21)24-8-12(19)10-1-3-11-9(7-10)2-5-14(20)18-11/h1,3-4,6-7H,2,5,8H2,(H,18,20)(H2,17,22,23). The zero-order valence-corrected chi connectivity index (χ0v) is 14.2. The molecule has 3 rings (SSSR count). The normalized spacial score (nSPS) is 13.7. The molecule has 136 valence electrons. The number of benzene rings is 1. The number of carbonyl (C=O) groups is 3. The molecule has 0 bridgehead atoms. The molecule has 3 N–H and O–H groups in total. The fourth-order valence-electron chi connectivity index (χ4n) is 2.43. The lowest BCUT2D eigenvalue weighted by atomic mass is 9.99. The van der Waals surface area contributed by atoms with Gasteiger partial charge >= 0.3 is 5.97 Å². The molecule has 0 spiro atoms. The molecule has 0 fully saturated rings. The molecule has 2 heterocycles. The number of hydrogen-bond acceptors (Lipinski definition) is 7. The smallest absolute Gasteiger partial charge is 0.374 e. The number of primary sulfonamides is 1. The quantitative estimate of drug-likeness (QED) is 0.579. The first kappa shape index (κ1) is 17.8. The molecule has 0 saturated heterocycles. The highest BCUT2D eigenvalue weighted by Crippen LogP contribution is 2.23. The van der Waals surface area contributed by atoms with Crippen molar-refractivity contribution in [1.82, 2.24) is 0 Å². The van der Waals surface area contributed by atoms with Crippen LogP contribution in [-0.4, -0.2) is 32.7 Å². The summed E-state index contributed by atoms with van der Waals surface area (Å²) in [5.74, 6) is -1.90. The number of anilines is 1. The van der Waals surface area contributed by atoms with Gasteiger partial charge in [-0.3, -0.25) is 9.59 Å². The average Bonchev–Trinajstić information content (AvgIpc) is 3.09. The minimum absolute atomic E-state index is 0.0807. The van der Waals surface area contributed by atoms with E-state index in [0.717, 1.165) is 17.7 Å². The van der Waals surface area contributed by atoms with E-state index in [2.05, 4.69) is 5.32 Å². The number of ether oxygens (including phenoxy) is 1. The van der Waals surface area contributed by atoms with Crippen LogP contribution in [0.15, 0.2) is 39.8 Å². The van der Waals surface area contributed by atoms with Gasteiger partial charge in [-0.2, -0.15) is 0 Å². The van der Waals surface area contributed by atoms with E-state index < -0.39 is 33.5 Å². The van der Waals surface area contributed by atoms with Crippen LogP contribution in [0.2, 0.25) is 0 Å². The zero-order valence-electron chi connectivity index (χ0n) is 13.4. The van der Waals surface area contributed by atoms with Crippen LogP contribution in [0.5, 0.6) is 0 Å². The number of aryl methyl sites for hydroxylation is 1. The number of amides is 1. The molecule has 0 atom stereocenters.